The minimum atomic E-state index is 0.137. The van der Waals surface area contributed by atoms with Gasteiger partial charge in [-0.25, -0.2) is 0 Å². The van der Waals surface area contributed by atoms with E-state index in [-0.39, 0.29) is 5.78 Å². The first-order valence-corrected chi connectivity index (χ1v) is 8.26. The van der Waals surface area contributed by atoms with Crippen molar-refractivity contribution in [3.8, 4) is 0 Å². The van der Waals surface area contributed by atoms with Crippen molar-refractivity contribution in [1.29, 1.82) is 0 Å². The molecule has 2 heterocycles. The predicted molar refractivity (Wildman–Crippen MR) is 85.8 cm³/mol. The van der Waals surface area contributed by atoms with E-state index in [0.717, 1.165) is 38.7 Å². The molecular weight excluding hydrogens is 334 g/mol. The monoisotopic (exact) mass is 345 g/mol. The number of fused-ring (bicyclic) bond motifs is 2. The van der Waals surface area contributed by atoms with Gasteiger partial charge in [-0.3, -0.25) is 4.79 Å². The van der Waals surface area contributed by atoms with Crippen LogP contribution in [-0.2, 0) is 12.8 Å². The molecule has 0 saturated heterocycles. The molecule has 20 heavy (non-hydrogen) atoms. The molecule has 0 saturated carbocycles. The van der Waals surface area contributed by atoms with E-state index in [2.05, 4.69) is 27.0 Å². The number of ketones is 1. The summed E-state index contributed by atoms with van der Waals surface area (Å²) < 4.78 is 1.01. The number of halogens is 1. The second-order valence-corrected chi connectivity index (χ2v) is 7.19. The molecule has 1 aliphatic carbocycles. The zero-order chi connectivity index (χ0) is 13.7. The van der Waals surface area contributed by atoms with Gasteiger partial charge in [0.05, 0.1) is 4.88 Å². The molecule has 100 valence electrons. The number of hydrogen-bond donors (Lipinski definition) is 1. The van der Waals surface area contributed by atoms with Crippen LogP contribution in [0, 0.1) is 0 Å². The van der Waals surface area contributed by atoms with E-state index < -0.39 is 0 Å². The van der Waals surface area contributed by atoms with Crippen molar-refractivity contribution >= 4 is 44.0 Å². The van der Waals surface area contributed by atoms with Crippen LogP contribution in [0.15, 0.2) is 34.9 Å². The fraction of sp³-hybridized carbons (Fsp3) is 0.188. The molecule has 0 amide bonds. The second kappa shape index (κ2) is 4.57. The van der Waals surface area contributed by atoms with Crippen molar-refractivity contribution in [2.75, 3.05) is 0 Å². The topological polar surface area (TPSA) is 32.9 Å². The Labute approximate surface area is 129 Å². The fourth-order valence-corrected chi connectivity index (χ4v) is 4.43. The van der Waals surface area contributed by atoms with Gasteiger partial charge in [0.2, 0.25) is 5.78 Å². The van der Waals surface area contributed by atoms with Crippen LogP contribution in [-0.4, -0.2) is 10.8 Å². The smallest absolute Gasteiger partial charge is 0.205 e. The number of benzene rings is 1. The van der Waals surface area contributed by atoms with Gasteiger partial charge >= 0.3 is 0 Å². The SMILES string of the molecule is O=C(c1cc2c(s1)CCC2)c1c[nH]c2cc(Br)ccc12. The predicted octanol–water partition coefficient (Wildman–Crippen LogP) is 4.71. The third-order valence-electron chi connectivity index (χ3n) is 3.86. The average Bonchev–Trinajstić information content (AvgIpc) is 3.10. The van der Waals surface area contributed by atoms with Gasteiger partial charge in [-0.05, 0) is 43.0 Å². The summed E-state index contributed by atoms with van der Waals surface area (Å²) in [5.41, 5.74) is 3.14. The van der Waals surface area contributed by atoms with E-state index in [1.165, 1.54) is 16.9 Å². The van der Waals surface area contributed by atoms with Crippen LogP contribution in [0.2, 0.25) is 0 Å². The fourth-order valence-electron chi connectivity index (χ4n) is 2.86. The maximum absolute atomic E-state index is 12.7. The average molecular weight is 346 g/mol. The summed E-state index contributed by atoms with van der Waals surface area (Å²) in [6.07, 6.45) is 5.31. The summed E-state index contributed by atoms with van der Waals surface area (Å²) >= 11 is 5.12. The van der Waals surface area contributed by atoms with Crippen LogP contribution in [0.4, 0.5) is 0 Å². The van der Waals surface area contributed by atoms with Gasteiger partial charge in [-0.2, -0.15) is 0 Å². The molecule has 1 N–H and O–H groups in total. The lowest BCUT2D eigenvalue weighted by atomic mass is 10.1. The molecule has 2 nitrogen and oxygen atoms in total. The van der Waals surface area contributed by atoms with Crippen molar-refractivity contribution in [2.24, 2.45) is 0 Å². The summed E-state index contributed by atoms with van der Waals surface area (Å²) in [5, 5.41) is 0.992. The van der Waals surface area contributed by atoms with Gasteiger partial charge in [0, 0.05) is 32.0 Å². The van der Waals surface area contributed by atoms with Gasteiger partial charge in [-0.1, -0.05) is 22.0 Å². The van der Waals surface area contributed by atoms with E-state index in [9.17, 15) is 4.79 Å². The Morgan fingerprint density at radius 2 is 2.15 bits per heavy atom. The molecule has 1 aromatic carbocycles. The van der Waals surface area contributed by atoms with E-state index in [1.807, 2.05) is 24.4 Å². The molecule has 2 aromatic heterocycles. The van der Waals surface area contributed by atoms with E-state index in [0.29, 0.717) is 0 Å². The summed E-state index contributed by atoms with van der Waals surface area (Å²) in [7, 11) is 0. The molecular formula is C16H12BrNOS. The van der Waals surface area contributed by atoms with Crippen molar-refractivity contribution in [3.05, 3.63) is 55.8 Å². The molecule has 4 rings (SSSR count). The third kappa shape index (κ3) is 1.86. The van der Waals surface area contributed by atoms with Crippen LogP contribution >= 0.6 is 27.3 Å². The number of aromatic amines is 1. The Kier molecular flexibility index (Phi) is 2.82. The molecule has 0 atom stereocenters. The minimum absolute atomic E-state index is 0.137. The van der Waals surface area contributed by atoms with Gasteiger partial charge in [0.15, 0.2) is 0 Å². The quantitative estimate of drug-likeness (QED) is 0.670. The van der Waals surface area contributed by atoms with Gasteiger partial charge in [0.25, 0.3) is 0 Å². The molecule has 1 aliphatic rings. The van der Waals surface area contributed by atoms with Crippen LogP contribution in [0.5, 0.6) is 0 Å². The Morgan fingerprint density at radius 1 is 1.25 bits per heavy atom. The van der Waals surface area contributed by atoms with Gasteiger partial charge < -0.3 is 4.98 Å². The summed E-state index contributed by atoms with van der Waals surface area (Å²) in [4.78, 5) is 18.1. The number of H-pyrrole nitrogens is 1. The highest BCUT2D eigenvalue weighted by Gasteiger charge is 2.21. The standard InChI is InChI=1S/C16H12BrNOS/c17-10-4-5-11-12(8-18-13(11)7-10)16(19)15-6-9-2-1-3-14(9)20-15/h4-8,18H,1-3H2. The lowest BCUT2D eigenvalue weighted by Gasteiger charge is -1.97. The lowest BCUT2D eigenvalue weighted by Crippen LogP contribution is -1.97. The molecule has 0 fully saturated rings. The molecule has 0 aliphatic heterocycles. The van der Waals surface area contributed by atoms with Gasteiger partial charge in [0.1, 0.15) is 0 Å². The number of nitrogens with one attached hydrogen (secondary N) is 1. The molecule has 3 aromatic rings. The van der Waals surface area contributed by atoms with Crippen molar-refractivity contribution in [3.63, 3.8) is 0 Å². The summed E-state index contributed by atoms with van der Waals surface area (Å²) in [5.74, 6) is 0.137. The van der Waals surface area contributed by atoms with Crippen LogP contribution in [0.1, 0.15) is 32.1 Å². The zero-order valence-corrected chi connectivity index (χ0v) is 13.1. The number of rotatable bonds is 2. The Bertz CT molecular complexity index is 809. The minimum Gasteiger partial charge on any atom is -0.360 e. The van der Waals surface area contributed by atoms with Crippen molar-refractivity contribution < 1.29 is 4.79 Å². The van der Waals surface area contributed by atoms with E-state index in [1.54, 1.807) is 11.3 Å². The normalized spacial score (nSPS) is 13.8. The highest BCUT2D eigenvalue weighted by atomic mass is 79.9. The number of aromatic nitrogens is 1. The summed E-state index contributed by atoms with van der Waals surface area (Å²) in [6.45, 7) is 0. The first-order chi connectivity index (χ1) is 9.72. The first-order valence-electron chi connectivity index (χ1n) is 6.65. The zero-order valence-electron chi connectivity index (χ0n) is 10.7. The van der Waals surface area contributed by atoms with Crippen LogP contribution in [0.3, 0.4) is 0 Å². The maximum atomic E-state index is 12.7. The Morgan fingerprint density at radius 3 is 3.00 bits per heavy atom. The maximum Gasteiger partial charge on any atom is 0.205 e. The van der Waals surface area contributed by atoms with Crippen molar-refractivity contribution in [2.45, 2.75) is 19.3 Å². The number of aryl methyl sites for hydroxylation is 2. The number of carbonyl (C=O) groups excluding carboxylic acids is 1. The molecule has 0 unspecified atom stereocenters. The largest absolute Gasteiger partial charge is 0.360 e. The lowest BCUT2D eigenvalue weighted by molar-refractivity contribution is 0.104. The third-order valence-corrected chi connectivity index (χ3v) is 5.59. The number of carbonyl (C=O) groups is 1. The highest BCUT2D eigenvalue weighted by molar-refractivity contribution is 9.10. The molecule has 0 radical (unpaired) electrons. The second-order valence-electron chi connectivity index (χ2n) is 5.13. The van der Waals surface area contributed by atoms with Crippen molar-refractivity contribution in [1.82, 2.24) is 4.98 Å². The Balaban J connectivity index is 1.79. The highest BCUT2D eigenvalue weighted by Crippen LogP contribution is 2.33. The van der Waals surface area contributed by atoms with E-state index >= 15 is 0 Å². The molecule has 0 bridgehead atoms. The Hall–Kier alpha value is -1.39. The van der Waals surface area contributed by atoms with Gasteiger partial charge in [-0.15, -0.1) is 11.3 Å². The van der Waals surface area contributed by atoms with Crippen LogP contribution < -0.4 is 0 Å². The molecule has 0 spiro atoms. The first kappa shape index (κ1) is 12.4. The van der Waals surface area contributed by atoms with Crippen LogP contribution in [0.25, 0.3) is 10.9 Å². The number of thiophene rings is 1. The summed E-state index contributed by atoms with van der Waals surface area (Å²) in [6, 6.07) is 8.05. The van der Waals surface area contributed by atoms with E-state index in [4.69, 9.17) is 0 Å². The molecule has 4 heteroatoms. The number of hydrogen-bond acceptors (Lipinski definition) is 2.